The molecule has 1 rings (SSSR count). The van der Waals surface area contributed by atoms with Gasteiger partial charge in [-0.15, -0.1) is 10.2 Å². The molecule has 0 saturated carbocycles. The van der Waals surface area contributed by atoms with Crippen LogP contribution in [0, 0.1) is 0 Å². The van der Waals surface area contributed by atoms with E-state index in [9.17, 15) is 9.90 Å². The first-order valence-corrected chi connectivity index (χ1v) is 6.80. The predicted molar refractivity (Wildman–Crippen MR) is 70.6 cm³/mol. The maximum absolute atomic E-state index is 11.5. The topological polar surface area (TPSA) is 88.2 Å². The normalized spacial score (nSPS) is 12.7. The second-order valence-corrected chi connectivity index (χ2v) is 4.89. The lowest BCUT2D eigenvalue weighted by Gasteiger charge is -2.08. The fourth-order valence-corrected chi connectivity index (χ4v) is 1.49. The van der Waals surface area contributed by atoms with Gasteiger partial charge in [-0.2, -0.15) is 0 Å². The van der Waals surface area contributed by atoms with Crippen molar-refractivity contribution < 1.29 is 14.3 Å². The van der Waals surface area contributed by atoms with Crippen molar-refractivity contribution >= 4 is 5.91 Å². The summed E-state index contributed by atoms with van der Waals surface area (Å²) in [4.78, 5) is 11.5. The van der Waals surface area contributed by atoms with Crippen molar-refractivity contribution in [2.75, 3.05) is 6.54 Å². The van der Waals surface area contributed by atoms with Crippen molar-refractivity contribution in [2.24, 2.45) is 0 Å². The van der Waals surface area contributed by atoms with Gasteiger partial charge in [-0.1, -0.05) is 20.8 Å². The van der Waals surface area contributed by atoms with Crippen LogP contribution < -0.4 is 5.32 Å². The summed E-state index contributed by atoms with van der Waals surface area (Å²) in [7, 11) is 0. The Balaban J connectivity index is 2.22. The molecule has 0 aliphatic heterocycles. The summed E-state index contributed by atoms with van der Waals surface area (Å²) in [6.45, 7) is 6.36. The van der Waals surface area contributed by atoms with Gasteiger partial charge in [0, 0.05) is 25.3 Å². The number of aryl methyl sites for hydroxylation is 1. The Morgan fingerprint density at radius 1 is 1.42 bits per heavy atom. The van der Waals surface area contributed by atoms with Gasteiger partial charge in [0.05, 0.1) is 6.10 Å². The van der Waals surface area contributed by atoms with Crippen molar-refractivity contribution in [1.82, 2.24) is 15.5 Å². The Morgan fingerprint density at radius 2 is 2.16 bits per heavy atom. The van der Waals surface area contributed by atoms with E-state index in [2.05, 4.69) is 15.5 Å². The Morgan fingerprint density at radius 3 is 2.74 bits per heavy atom. The van der Waals surface area contributed by atoms with Crippen LogP contribution in [0.5, 0.6) is 0 Å². The van der Waals surface area contributed by atoms with E-state index < -0.39 is 0 Å². The number of carbonyl (C=O) groups excluding carboxylic acids is 1. The molecular formula is C13H23N3O3. The van der Waals surface area contributed by atoms with E-state index >= 15 is 0 Å². The summed E-state index contributed by atoms with van der Waals surface area (Å²) in [5.41, 5.74) is 0. The summed E-state index contributed by atoms with van der Waals surface area (Å²) >= 11 is 0. The number of carbonyl (C=O) groups is 1. The fourth-order valence-electron chi connectivity index (χ4n) is 1.49. The van der Waals surface area contributed by atoms with E-state index in [1.807, 2.05) is 20.8 Å². The second kappa shape index (κ2) is 7.89. The third-order valence-electron chi connectivity index (χ3n) is 2.81. The molecule has 0 radical (unpaired) electrons. The van der Waals surface area contributed by atoms with Crippen molar-refractivity contribution in [3.8, 4) is 0 Å². The minimum Gasteiger partial charge on any atom is -0.425 e. The number of hydrogen-bond acceptors (Lipinski definition) is 5. The third kappa shape index (κ3) is 5.83. The van der Waals surface area contributed by atoms with E-state index in [0.29, 0.717) is 44.0 Å². The number of aliphatic hydroxyl groups is 1. The monoisotopic (exact) mass is 269 g/mol. The highest BCUT2D eigenvalue weighted by Crippen LogP contribution is 2.12. The quantitative estimate of drug-likeness (QED) is 0.744. The first kappa shape index (κ1) is 15.6. The lowest BCUT2D eigenvalue weighted by molar-refractivity contribution is -0.121. The number of amides is 1. The molecular weight excluding hydrogens is 246 g/mol. The predicted octanol–water partition coefficient (Wildman–Crippen LogP) is 1.40. The lowest BCUT2D eigenvalue weighted by Crippen LogP contribution is -2.27. The molecule has 0 fully saturated rings. The Hall–Kier alpha value is -1.43. The molecule has 0 aromatic carbocycles. The molecule has 19 heavy (non-hydrogen) atoms. The summed E-state index contributed by atoms with van der Waals surface area (Å²) in [6, 6.07) is 0. The standard InChI is InChI=1S/C13H23N3O3/c1-4-10(17)7-8-14-11(18)5-6-12-15-16-13(19-12)9(2)3/h9-10,17H,4-8H2,1-3H3,(H,14,18). The summed E-state index contributed by atoms with van der Waals surface area (Å²) in [5.74, 6) is 1.23. The summed E-state index contributed by atoms with van der Waals surface area (Å²) in [6.07, 6.45) is 1.71. The Labute approximate surface area is 113 Å². The Kier molecular flexibility index (Phi) is 6.49. The first-order chi connectivity index (χ1) is 9.02. The summed E-state index contributed by atoms with van der Waals surface area (Å²) in [5, 5.41) is 19.9. The number of aromatic nitrogens is 2. The molecule has 1 unspecified atom stereocenters. The SMILES string of the molecule is CCC(O)CCNC(=O)CCc1nnc(C(C)C)o1. The van der Waals surface area contributed by atoms with Crippen LogP contribution in [0.3, 0.4) is 0 Å². The highest BCUT2D eigenvalue weighted by molar-refractivity contribution is 5.75. The number of rotatable bonds is 8. The van der Waals surface area contributed by atoms with Gasteiger partial charge < -0.3 is 14.8 Å². The van der Waals surface area contributed by atoms with Gasteiger partial charge in [-0.05, 0) is 12.8 Å². The van der Waals surface area contributed by atoms with Crippen LogP contribution in [0.1, 0.15) is 57.7 Å². The van der Waals surface area contributed by atoms with Crippen LogP contribution in [-0.4, -0.2) is 33.9 Å². The first-order valence-electron chi connectivity index (χ1n) is 6.80. The maximum Gasteiger partial charge on any atom is 0.220 e. The van der Waals surface area contributed by atoms with Crippen LogP contribution in [0.4, 0.5) is 0 Å². The zero-order valence-corrected chi connectivity index (χ0v) is 11.8. The number of nitrogens with zero attached hydrogens (tertiary/aromatic N) is 2. The van der Waals surface area contributed by atoms with E-state index in [0.717, 1.165) is 0 Å². The molecule has 1 amide bonds. The van der Waals surface area contributed by atoms with Crippen LogP contribution in [-0.2, 0) is 11.2 Å². The summed E-state index contributed by atoms with van der Waals surface area (Å²) < 4.78 is 5.41. The average molecular weight is 269 g/mol. The minimum absolute atomic E-state index is 0.0624. The largest absolute Gasteiger partial charge is 0.425 e. The van der Waals surface area contributed by atoms with Gasteiger partial charge in [-0.3, -0.25) is 4.79 Å². The molecule has 6 heteroatoms. The van der Waals surface area contributed by atoms with Gasteiger partial charge in [-0.25, -0.2) is 0 Å². The molecule has 2 N–H and O–H groups in total. The van der Waals surface area contributed by atoms with E-state index in [1.165, 1.54) is 0 Å². The van der Waals surface area contributed by atoms with Crippen LogP contribution in [0.15, 0.2) is 4.42 Å². The molecule has 0 aliphatic rings. The molecule has 1 aromatic rings. The molecule has 1 aromatic heterocycles. The van der Waals surface area contributed by atoms with Gasteiger partial charge in [0.2, 0.25) is 17.7 Å². The van der Waals surface area contributed by atoms with Crippen LogP contribution in [0.25, 0.3) is 0 Å². The molecule has 0 bridgehead atoms. The third-order valence-corrected chi connectivity index (χ3v) is 2.81. The molecule has 108 valence electrons. The van der Waals surface area contributed by atoms with Crippen LogP contribution in [0.2, 0.25) is 0 Å². The number of aliphatic hydroxyl groups excluding tert-OH is 1. The van der Waals surface area contributed by atoms with Crippen molar-refractivity contribution in [3.63, 3.8) is 0 Å². The highest BCUT2D eigenvalue weighted by atomic mass is 16.4. The second-order valence-electron chi connectivity index (χ2n) is 4.89. The Bertz CT molecular complexity index is 390. The van der Waals surface area contributed by atoms with Gasteiger partial charge in [0.25, 0.3) is 0 Å². The number of hydrogen-bond donors (Lipinski definition) is 2. The van der Waals surface area contributed by atoms with E-state index in [4.69, 9.17) is 4.42 Å². The fraction of sp³-hybridized carbons (Fsp3) is 0.769. The van der Waals surface area contributed by atoms with E-state index in [-0.39, 0.29) is 17.9 Å². The van der Waals surface area contributed by atoms with Crippen molar-refractivity contribution in [3.05, 3.63) is 11.8 Å². The molecule has 6 nitrogen and oxygen atoms in total. The van der Waals surface area contributed by atoms with Crippen LogP contribution >= 0.6 is 0 Å². The zero-order chi connectivity index (χ0) is 14.3. The van der Waals surface area contributed by atoms with Crippen molar-refractivity contribution in [1.29, 1.82) is 0 Å². The molecule has 0 spiro atoms. The molecule has 0 saturated heterocycles. The smallest absolute Gasteiger partial charge is 0.220 e. The van der Waals surface area contributed by atoms with Gasteiger partial charge in [0.15, 0.2) is 0 Å². The zero-order valence-electron chi connectivity index (χ0n) is 11.8. The number of nitrogens with one attached hydrogen (secondary N) is 1. The van der Waals surface area contributed by atoms with E-state index in [1.54, 1.807) is 0 Å². The molecule has 0 aliphatic carbocycles. The average Bonchev–Trinajstić information content (AvgIpc) is 2.85. The lowest BCUT2D eigenvalue weighted by atomic mass is 10.2. The maximum atomic E-state index is 11.5. The molecule has 1 heterocycles. The molecule has 1 atom stereocenters. The van der Waals surface area contributed by atoms with Gasteiger partial charge >= 0.3 is 0 Å². The highest BCUT2D eigenvalue weighted by Gasteiger charge is 2.11. The van der Waals surface area contributed by atoms with Crippen molar-refractivity contribution in [2.45, 2.75) is 58.5 Å². The minimum atomic E-state index is -0.343. The van der Waals surface area contributed by atoms with Gasteiger partial charge in [0.1, 0.15) is 0 Å².